The molecule has 37 heavy (non-hydrogen) atoms. The van der Waals surface area contributed by atoms with Crippen LogP contribution in [0.25, 0.3) is 32.9 Å². The standard InChI is InChI=1S/C31H32N2O4/c34-12-3-11-33-26-9-6-19(16-37-18-20-10-13-36-17-20)14-24(26)28-25-15-32-31(35)29(25)27-22-5-2-1-4-21(22)7-8-23(27)30(28)33/h1-2,4-6,9,14,20,34H,3,7-8,10-13,15-18H2,(H,32,35). The van der Waals surface area contributed by atoms with Gasteiger partial charge in [0.2, 0.25) is 0 Å². The summed E-state index contributed by atoms with van der Waals surface area (Å²) in [5, 5.41) is 15.2. The van der Waals surface area contributed by atoms with Gasteiger partial charge in [0.05, 0.1) is 30.9 Å². The molecule has 0 bridgehead atoms. The number of nitrogens with one attached hydrogen (secondary N) is 1. The number of aliphatic hydroxyl groups excluding tert-OH is 1. The molecule has 7 rings (SSSR count). The minimum atomic E-state index is 0.0272. The van der Waals surface area contributed by atoms with Crippen molar-refractivity contribution in [3.8, 4) is 11.1 Å². The van der Waals surface area contributed by atoms with Gasteiger partial charge in [0.25, 0.3) is 5.91 Å². The second-order valence-corrected chi connectivity index (χ2v) is 10.6. The number of carbonyl (C=O) groups excluding carboxylic acids is 1. The topological polar surface area (TPSA) is 72.7 Å². The van der Waals surface area contributed by atoms with Crippen LogP contribution in [0, 0.1) is 5.92 Å². The molecule has 2 N–H and O–H groups in total. The molecule has 1 aliphatic carbocycles. The first-order valence-electron chi connectivity index (χ1n) is 13.5. The van der Waals surface area contributed by atoms with E-state index < -0.39 is 0 Å². The fraction of sp³-hybridized carbons (Fsp3) is 0.387. The highest BCUT2D eigenvalue weighted by Gasteiger charge is 2.34. The van der Waals surface area contributed by atoms with E-state index >= 15 is 0 Å². The molecule has 1 unspecified atom stereocenters. The zero-order chi connectivity index (χ0) is 24.9. The Morgan fingerprint density at radius 1 is 1.11 bits per heavy atom. The molecule has 1 atom stereocenters. The molecule has 1 amide bonds. The summed E-state index contributed by atoms with van der Waals surface area (Å²) in [5.41, 5.74) is 10.3. The number of amides is 1. The first kappa shape index (κ1) is 23.0. The maximum atomic E-state index is 13.3. The lowest BCUT2D eigenvalue weighted by molar-refractivity contribution is 0.0792. The maximum absolute atomic E-state index is 13.3. The van der Waals surface area contributed by atoms with Gasteiger partial charge in [-0.05, 0) is 65.6 Å². The highest BCUT2D eigenvalue weighted by molar-refractivity contribution is 6.19. The largest absolute Gasteiger partial charge is 0.396 e. The van der Waals surface area contributed by atoms with E-state index in [1.165, 1.54) is 33.0 Å². The van der Waals surface area contributed by atoms with Crippen LogP contribution in [0.2, 0.25) is 0 Å². The number of hydrogen-bond acceptors (Lipinski definition) is 4. The minimum Gasteiger partial charge on any atom is -0.396 e. The van der Waals surface area contributed by atoms with Crippen LogP contribution in [0.3, 0.4) is 0 Å². The normalized spacial score (nSPS) is 18.3. The summed E-state index contributed by atoms with van der Waals surface area (Å²) in [6.07, 6.45) is 3.62. The van der Waals surface area contributed by atoms with Crippen LogP contribution < -0.4 is 5.32 Å². The third-order valence-corrected chi connectivity index (χ3v) is 8.34. The Bertz CT molecular complexity index is 1530. The Morgan fingerprint density at radius 2 is 2.03 bits per heavy atom. The zero-order valence-electron chi connectivity index (χ0n) is 21.0. The molecule has 0 spiro atoms. The van der Waals surface area contributed by atoms with Crippen molar-refractivity contribution < 1.29 is 19.4 Å². The number of aromatic nitrogens is 1. The molecule has 2 aliphatic heterocycles. The second-order valence-electron chi connectivity index (χ2n) is 10.6. The van der Waals surface area contributed by atoms with E-state index in [2.05, 4.69) is 52.3 Å². The highest BCUT2D eigenvalue weighted by Crippen LogP contribution is 2.47. The average Bonchev–Trinajstić information content (AvgIpc) is 3.65. The van der Waals surface area contributed by atoms with Gasteiger partial charge in [-0.15, -0.1) is 0 Å². The number of rotatable bonds is 7. The van der Waals surface area contributed by atoms with Crippen LogP contribution in [0.15, 0.2) is 42.5 Å². The van der Waals surface area contributed by atoms with E-state index in [4.69, 9.17) is 9.47 Å². The third kappa shape index (κ3) is 3.69. The molecule has 0 radical (unpaired) electrons. The molecule has 0 saturated carbocycles. The maximum Gasteiger partial charge on any atom is 0.252 e. The molecule has 3 aliphatic rings. The van der Waals surface area contributed by atoms with Crippen LogP contribution in [0.1, 0.15) is 45.5 Å². The number of fused-ring (bicyclic) bond motifs is 10. The van der Waals surface area contributed by atoms with Gasteiger partial charge >= 0.3 is 0 Å². The van der Waals surface area contributed by atoms with Crippen molar-refractivity contribution >= 4 is 27.7 Å². The number of aliphatic hydroxyl groups is 1. The minimum absolute atomic E-state index is 0.0272. The quantitative estimate of drug-likeness (QED) is 0.388. The predicted octanol–water partition coefficient (Wildman–Crippen LogP) is 4.74. The van der Waals surface area contributed by atoms with Gasteiger partial charge in [0, 0.05) is 54.1 Å². The van der Waals surface area contributed by atoms with Crippen molar-refractivity contribution in [2.24, 2.45) is 5.92 Å². The van der Waals surface area contributed by atoms with E-state index in [1.807, 2.05) is 0 Å². The Kier molecular flexibility index (Phi) is 5.76. The van der Waals surface area contributed by atoms with Crippen LogP contribution >= 0.6 is 0 Å². The van der Waals surface area contributed by atoms with Crippen LogP contribution in [0.4, 0.5) is 0 Å². The van der Waals surface area contributed by atoms with Crippen molar-refractivity contribution in [3.05, 3.63) is 70.3 Å². The molecule has 1 fully saturated rings. The van der Waals surface area contributed by atoms with Crippen molar-refractivity contribution in [3.63, 3.8) is 0 Å². The first-order chi connectivity index (χ1) is 18.2. The zero-order valence-corrected chi connectivity index (χ0v) is 21.0. The Morgan fingerprint density at radius 3 is 2.89 bits per heavy atom. The van der Waals surface area contributed by atoms with Crippen molar-refractivity contribution in [2.75, 3.05) is 26.4 Å². The third-order valence-electron chi connectivity index (χ3n) is 8.34. The van der Waals surface area contributed by atoms with Gasteiger partial charge in [-0.25, -0.2) is 0 Å². The fourth-order valence-electron chi connectivity index (χ4n) is 6.64. The van der Waals surface area contributed by atoms with E-state index in [1.54, 1.807) is 0 Å². The van der Waals surface area contributed by atoms with Gasteiger partial charge in [-0.1, -0.05) is 30.3 Å². The van der Waals surface area contributed by atoms with Crippen molar-refractivity contribution in [1.29, 1.82) is 0 Å². The van der Waals surface area contributed by atoms with E-state index in [0.29, 0.717) is 25.5 Å². The molecular formula is C31H32N2O4. The molecule has 4 aromatic rings. The monoisotopic (exact) mass is 496 g/mol. The van der Waals surface area contributed by atoms with E-state index in [9.17, 15) is 9.90 Å². The smallest absolute Gasteiger partial charge is 0.252 e. The van der Waals surface area contributed by atoms with Gasteiger partial charge in [-0.3, -0.25) is 4.79 Å². The number of aryl methyl sites for hydroxylation is 3. The van der Waals surface area contributed by atoms with Gasteiger partial charge < -0.3 is 24.5 Å². The molecule has 6 nitrogen and oxygen atoms in total. The lowest BCUT2D eigenvalue weighted by atomic mass is 9.80. The SMILES string of the molecule is O=C1NCc2c1c1c(c3c2c2cc(COCC4CCOC4)ccc2n3CCCO)CCc2ccccc2-1. The summed E-state index contributed by atoms with van der Waals surface area (Å²) in [6.45, 7) is 4.33. The van der Waals surface area contributed by atoms with Crippen LogP contribution in [-0.4, -0.2) is 42.0 Å². The lowest BCUT2D eigenvalue weighted by Crippen LogP contribution is -2.15. The van der Waals surface area contributed by atoms with Crippen LogP contribution in [-0.2, 0) is 42.0 Å². The summed E-state index contributed by atoms with van der Waals surface area (Å²) < 4.78 is 14.0. The van der Waals surface area contributed by atoms with Crippen LogP contribution in [0.5, 0.6) is 0 Å². The molecule has 1 aromatic heterocycles. The molecule has 1 saturated heterocycles. The summed E-state index contributed by atoms with van der Waals surface area (Å²) >= 11 is 0. The molecule has 3 aromatic carbocycles. The molecule has 6 heteroatoms. The van der Waals surface area contributed by atoms with Gasteiger partial charge in [0.15, 0.2) is 0 Å². The Balaban J connectivity index is 1.43. The number of hydrogen-bond donors (Lipinski definition) is 2. The van der Waals surface area contributed by atoms with E-state index in [0.717, 1.165) is 73.4 Å². The summed E-state index contributed by atoms with van der Waals surface area (Å²) in [4.78, 5) is 13.3. The first-order valence-corrected chi connectivity index (χ1v) is 13.5. The predicted molar refractivity (Wildman–Crippen MR) is 144 cm³/mol. The molecule has 190 valence electrons. The average molecular weight is 497 g/mol. The molecule has 3 heterocycles. The Labute approximate surface area is 216 Å². The highest BCUT2D eigenvalue weighted by atomic mass is 16.5. The summed E-state index contributed by atoms with van der Waals surface area (Å²) in [5.74, 6) is 0.512. The number of nitrogens with zero attached hydrogens (tertiary/aromatic N) is 1. The van der Waals surface area contributed by atoms with Crippen molar-refractivity contribution in [2.45, 2.75) is 45.4 Å². The fourth-order valence-corrected chi connectivity index (χ4v) is 6.64. The lowest BCUT2D eigenvalue weighted by Gasteiger charge is -2.24. The van der Waals surface area contributed by atoms with E-state index in [-0.39, 0.29) is 12.5 Å². The second kappa shape index (κ2) is 9.28. The summed E-state index contributed by atoms with van der Waals surface area (Å²) in [6, 6.07) is 15.1. The van der Waals surface area contributed by atoms with Gasteiger partial charge in [0.1, 0.15) is 0 Å². The number of benzene rings is 3. The molecular weight excluding hydrogens is 464 g/mol. The summed E-state index contributed by atoms with van der Waals surface area (Å²) in [7, 11) is 0. The van der Waals surface area contributed by atoms with Gasteiger partial charge in [-0.2, -0.15) is 0 Å². The van der Waals surface area contributed by atoms with Crippen molar-refractivity contribution in [1.82, 2.24) is 9.88 Å². The number of carbonyl (C=O) groups is 1. The Hall–Kier alpha value is -3.19. The number of ether oxygens (including phenoxy) is 2.